The molecular formula is C13H11F3N2O2. The summed E-state index contributed by atoms with van der Waals surface area (Å²) in [5, 5.41) is 0. The van der Waals surface area contributed by atoms with Crippen LogP contribution >= 0.6 is 0 Å². The van der Waals surface area contributed by atoms with E-state index in [4.69, 9.17) is 0 Å². The molecule has 0 bridgehead atoms. The predicted molar refractivity (Wildman–Crippen MR) is 64.6 cm³/mol. The first kappa shape index (κ1) is 14.1. The van der Waals surface area contributed by atoms with Gasteiger partial charge in [0.2, 0.25) is 0 Å². The number of rotatable bonds is 2. The molecule has 0 aliphatic carbocycles. The molecule has 0 fully saturated rings. The number of aromatic nitrogens is 2. The highest BCUT2D eigenvalue weighted by molar-refractivity contribution is 5.88. The van der Waals surface area contributed by atoms with E-state index in [1.165, 1.54) is 30.9 Å². The Bertz CT molecular complexity index is 647. The standard InChI is InChI=1S/C13H11F3N2O2/c1-8-6-9(13(14,15)16)7-17-11(8)18-5-3-4-10(18)12(19)20-2/h3-7H,1-2H3. The summed E-state index contributed by atoms with van der Waals surface area (Å²) in [6, 6.07) is 4.08. The Morgan fingerprint density at radius 2 is 2.10 bits per heavy atom. The average Bonchev–Trinajstić information content (AvgIpc) is 2.85. The van der Waals surface area contributed by atoms with Crippen LogP contribution in [0.3, 0.4) is 0 Å². The maximum absolute atomic E-state index is 12.6. The molecule has 7 heteroatoms. The molecule has 0 N–H and O–H groups in total. The first-order valence-electron chi connectivity index (χ1n) is 5.64. The molecule has 4 nitrogen and oxygen atoms in total. The number of alkyl halides is 3. The Balaban J connectivity index is 2.50. The lowest BCUT2D eigenvalue weighted by Crippen LogP contribution is -2.12. The summed E-state index contributed by atoms with van der Waals surface area (Å²) in [6.45, 7) is 1.50. The molecular weight excluding hydrogens is 273 g/mol. The first-order valence-corrected chi connectivity index (χ1v) is 5.64. The van der Waals surface area contributed by atoms with Crippen LogP contribution in [0.1, 0.15) is 21.6 Å². The monoisotopic (exact) mass is 284 g/mol. The maximum atomic E-state index is 12.6. The second-order valence-corrected chi connectivity index (χ2v) is 4.12. The topological polar surface area (TPSA) is 44.1 Å². The third kappa shape index (κ3) is 2.52. The van der Waals surface area contributed by atoms with Crippen LogP contribution in [0.15, 0.2) is 30.6 Å². The molecule has 0 radical (unpaired) electrons. The van der Waals surface area contributed by atoms with Crippen molar-refractivity contribution in [1.29, 1.82) is 0 Å². The van der Waals surface area contributed by atoms with Crippen LogP contribution in [0.25, 0.3) is 5.82 Å². The van der Waals surface area contributed by atoms with Crippen molar-refractivity contribution < 1.29 is 22.7 Å². The lowest BCUT2D eigenvalue weighted by atomic mass is 10.2. The van der Waals surface area contributed by atoms with E-state index in [-0.39, 0.29) is 11.5 Å². The Hall–Kier alpha value is -2.31. The van der Waals surface area contributed by atoms with E-state index in [1.54, 1.807) is 6.07 Å². The minimum absolute atomic E-state index is 0.197. The van der Waals surface area contributed by atoms with Crippen LogP contribution in [0.5, 0.6) is 0 Å². The van der Waals surface area contributed by atoms with Gasteiger partial charge in [0.1, 0.15) is 11.5 Å². The van der Waals surface area contributed by atoms with Gasteiger partial charge in [-0.05, 0) is 30.7 Å². The summed E-state index contributed by atoms with van der Waals surface area (Å²) in [5.41, 5.74) is -0.324. The average molecular weight is 284 g/mol. The normalized spacial score (nSPS) is 11.4. The van der Waals surface area contributed by atoms with E-state index in [0.717, 1.165) is 12.3 Å². The number of hydrogen-bond donors (Lipinski definition) is 0. The molecule has 0 atom stereocenters. The van der Waals surface area contributed by atoms with Crippen molar-refractivity contribution in [3.63, 3.8) is 0 Å². The Morgan fingerprint density at radius 3 is 2.65 bits per heavy atom. The number of aryl methyl sites for hydroxylation is 1. The van der Waals surface area contributed by atoms with E-state index < -0.39 is 17.7 Å². The summed E-state index contributed by atoms with van der Waals surface area (Å²) in [6.07, 6.45) is -2.17. The summed E-state index contributed by atoms with van der Waals surface area (Å²) >= 11 is 0. The van der Waals surface area contributed by atoms with Crippen molar-refractivity contribution in [3.05, 3.63) is 47.4 Å². The van der Waals surface area contributed by atoms with E-state index in [0.29, 0.717) is 5.56 Å². The van der Waals surface area contributed by atoms with Gasteiger partial charge in [0.15, 0.2) is 0 Å². The Morgan fingerprint density at radius 1 is 1.40 bits per heavy atom. The molecule has 2 aromatic heterocycles. The highest BCUT2D eigenvalue weighted by Gasteiger charge is 2.31. The lowest BCUT2D eigenvalue weighted by molar-refractivity contribution is -0.137. The van der Waals surface area contributed by atoms with E-state index in [9.17, 15) is 18.0 Å². The SMILES string of the molecule is COC(=O)c1cccn1-c1ncc(C(F)(F)F)cc1C. The fraction of sp³-hybridized carbons (Fsp3) is 0.231. The van der Waals surface area contributed by atoms with Crippen LogP contribution in [-0.2, 0) is 10.9 Å². The van der Waals surface area contributed by atoms with Crippen LogP contribution in [0.4, 0.5) is 13.2 Å². The Kier molecular flexibility index (Phi) is 3.52. The summed E-state index contributed by atoms with van der Waals surface area (Å²) in [7, 11) is 1.23. The van der Waals surface area contributed by atoms with Gasteiger partial charge in [-0.15, -0.1) is 0 Å². The van der Waals surface area contributed by atoms with Gasteiger partial charge >= 0.3 is 12.1 Å². The van der Waals surface area contributed by atoms with E-state index >= 15 is 0 Å². The molecule has 0 amide bonds. The molecule has 0 unspecified atom stereocenters. The Labute approximate surface area is 112 Å². The summed E-state index contributed by atoms with van der Waals surface area (Å²) in [4.78, 5) is 15.4. The highest BCUT2D eigenvalue weighted by Crippen LogP contribution is 2.30. The smallest absolute Gasteiger partial charge is 0.417 e. The number of nitrogens with zero attached hydrogens (tertiary/aromatic N) is 2. The largest absolute Gasteiger partial charge is 0.464 e. The third-order valence-corrected chi connectivity index (χ3v) is 2.75. The molecule has 2 aromatic rings. The van der Waals surface area contributed by atoms with Crippen molar-refractivity contribution in [2.24, 2.45) is 0 Å². The van der Waals surface area contributed by atoms with Crippen molar-refractivity contribution in [1.82, 2.24) is 9.55 Å². The molecule has 0 saturated heterocycles. The van der Waals surface area contributed by atoms with Crippen LogP contribution < -0.4 is 0 Å². The van der Waals surface area contributed by atoms with Crippen molar-refractivity contribution in [2.45, 2.75) is 13.1 Å². The number of ether oxygens (including phenoxy) is 1. The van der Waals surface area contributed by atoms with Crippen molar-refractivity contribution >= 4 is 5.97 Å². The molecule has 0 aliphatic heterocycles. The molecule has 0 spiro atoms. The molecule has 20 heavy (non-hydrogen) atoms. The second kappa shape index (κ2) is 4.99. The predicted octanol–water partition coefficient (Wildman–Crippen LogP) is 2.99. The number of hydrogen-bond acceptors (Lipinski definition) is 3. The molecule has 2 rings (SSSR count). The maximum Gasteiger partial charge on any atom is 0.417 e. The van der Waals surface area contributed by atoms with Crippen LogP contribution in [0, 0.1) is 6.92 Å². The van der Waals surface area contributed by atoms with Crippen LogP contribution in [0.2, 0.25) is 0 Å². The van der Waals surface area contributed by atoms with Crippen molar-refractivity contribution in [2.75, 3.05) is 7.11 Å². The molecule has 0 aromatic carbocycles. The quantitative estimate of drug-likeness (QED) is 0.796. The van der Waals surface area contributed by atoms with Gasteiger partial charge in [-0.1, -0.05) is 0 Å². The van der Waals surface area contributed by atoms with Gasteiger partial charge in [-0.25, -0.2) is 9.78 Å². The highest BCUT2D eigenvalue weighted by atomic mass is 19.4. The van der Waals surface area contributed by atoms with Gasteiger partial charge in [-0.2, -0.15) is 13.2 Å². The summed E-state index contributed by atoms with van der Waals surface area (Å²) in [5.74, 6) is -0.334. The van der Waals surface area contributed by atoms with Gasteiger partial charge in [0.05, 0.1) is 12.7 Å². The van der Waals surface area contributed by atoms with Crippen molar-refractivity contribution in [3.8, 4) is 5.82 Å². The summed E-state index contributed by atoms with van der Waals surface area (Å²) < 4.78 is 43.7. The second-order valence-electron chi connectivity index (χ2n) is 4.12. The van der Waals surface area contributed by atoms with Gasteiger partial charge in [0, 0.05) is 12.4 Å². The molecule has 2 heterocycles. The zero-order valence-corrected chi connectivity index (χ0v) is 10.7. The van der Waals surface area contributed by atoms with Gasteiger partial charge in [-0.3, -0.25) is 4.57 Å². The minimum Gasteiger partial charge on any atom is -0.464 e. The van der Waals surface area contributed by atoms with Gasteiger partial charge in [0.25, 0.3) is 0 Å². The minimum atomic E-state index is -4.45. The number of carbonyl (C=O) groups is 1. The first-order chi connectivity index (χ1) is 9.34. The lowest BCUT2D eigenvalue weighted by Gasteiger charge is -2.12. The fourth-order valence-corrected chi connectivity index (χ4v) is 1.81. The number of methoxy groups -OCH3 is 1. The zero-order valence-electron chi connectivity index (χ0n) is 10.7. The molecule has 0 saturated carbocycles. The number of halogens is 3. The fourth-order valence-electron chi connectivity index (χ4n) is 1.81. The molecule has 0 aliphatic rings. The zero-order chi connectivity index (χ0) is 14.9. The van der Waals surface area contributed by atoms with Gasteiger partial charge < -0.3 is 4.74 Å². The number of pyridine rings is 1. The molecule has 106 valence electrons. The number of carbonyl (C=O) groups excluding carboxylic acids is 1. The van der Waals surface area contributed by atoms with Crippen LogP contribution in [-0.4, -0.2) is 22.6 Å². The van der Waals surface area contributed by atoms with E-state index in [1.807, 2.05) is 0 Å². The van der Waals surface area contributed by atoms with E-state index in [2.05, 4.69) is 9.72 Å². The third-order valence-electron chi connectivity index (χ3n) is 2.75. The number of esters is 1.